The third kappa shape index (κ3) is 9.51. The van der Waals surface area contributed by atoms with E-state index in [0.29, 0.717) is 67.1 Å². The minimum absolute atomic E-state index is 0.127. The van der Waals surface area contributed by atoms with Crippen LogP contribution in [0.4, 0.5) is 0 Å². The molecule has 3 aliphatic heterocycles. The topological polar surface area (TPSA) is 165 Å². The number of nitriles is 4. The highest BCUT2D eigenvalue weighted by molar-refractivity contribution is 6.14. The molecule has 8 bridgehead atoms. The van der Waals surface area contributed by atoms with Crippen LogP contribution in [0.5, 0.6) is 0 Å². The van der Waals surface area contributed by atoms with Crippen LogP contribution in [0.1, 0.15) is 143 Å². The van der Waals surface area contributed by atoms with E-state index in [1.54, 1.807) is 0 Å². The zero-order chi connectivity index (χ0) is 56.4. The number of hydrogen-bond acceptors (Lipinski definition) is 7. The SMILES string of the molecule is Cc1ccc(C2CCC(c3ccc(-c4c5nc(c(-c6ccc(C(C)(C)C)cc6)c6ccc([nH]6)c(-c6ccc(C(C)(C)C)cc6)c6nc(c(-c7ccc(C(C)(C)C)cc7)c7ccc4[nH]7)C(C#N)=C6C#N)C(C#N)=C5C#N)cc3)N2)cc1. The van der Waals surface area contributed by atoms with Crippen LogP contribution in [0.3, 0.4) is 0 Å². The first-order chi connectivity index (χ1) is 38.3. The first-order valence-electron chi connectivity index (χ1n) is 27.4. The number of allylic oxidation sites excluding steroid dienone is 4. The van der Waals surface area contributed by atoms with Gasteiger partial charge in [0, 0.05) is 56.4 Å². The van der Waals surface area contributed by atoms with Gasteiger partial charge >= 0.3 is 0 Å². The summed E-state index contributed by atoms with van der Waals surface area (Å²) < 4.78 is 0. The molecule has 2 unspecified atom stereocenters. The minimum atomic E-state index is -0.141. The highest BCUT2D eigenvalue weighted by Crippen LogP contribution is 2.46. The summed E-state index contributed by atoms with van der Waals surface area (Å²) in [5.41, 5.74) is 16.7. The van der Waals surface area contributed by atoms with E-state index in [1.807, 2.05) is 36.4 Å². The Balaban J connectivity index is 1.27. The van der Waals surface area contributed by atoms with Gasteiger partial charge < -0.3 is 15.3 Å². The molecule has 2 atom stereocenters. The lowest BCUT2D eigenvalue weighted by atomic mass is 9.86. The van der Waals surface area contributed by atoms with Gasteiger partial charge in [-0.05, 0) is 110 Å². The van der Waals surface area contributed by atoms with Gasteiger partial charge in [-0.2, -0.15) is 21.0 Å². The van der Waals surface area contributed by atoms with Crippen LogP contribution < -0.4 is 5.32 Å². The summed E-state index contributed by atoms with van der Waals surface area (Å²) in [6.45, 7) is 21.6. The largest absolute Gasteiger partial charge is 0.354 e. The molecule has 9 nitrogen and oxygen atoms in total. The molecule has 80 heavy (non-hydrogen) atoms. The van der Waals surface area contributed by atoms with Crippen molar-refractivity contribution in [3.8, 4) is 68.8 Å². The molecule has 5 aromatic carbocycles. The molecule has 0 spiro atoms. The van der Waals surface area contributed by atoms with Crippen LogP contribution in [-0.4, -0.2) is 19.9 Å². The molecule has 1 saturated heterocycles. The van der Waals surface area contributed by atoms with Gasteiger partial charge in [0.1, 0.15) is 24.3 Å². The second kappa shape index (κ2) is 20.1. The fourth-order valence-corrected chi connectivity index (χ4v) is 11.5. The fraction of sp³-hybridized carbons (Fsp3) is 0.239. The lowest BCUT2D eigenvalue weighted by Crippen LogP contribution is -2.17. The number of H-pyrrole nitrogens is 2. The van der Waals surface area contributed by atoms with Gasteiger partial charge in [0.25, 0.3) is 0 Å². The molecule has 8 aromatic rings. The van der Waals surface area contributed by atoms with E-state index in [0.717, 1.165) is 57.3 Å². The maximum absolute atomic E-state index is 11.4. The number of fused-ring (bicyclic) bond motifs is 8. The summed E-state index contributed by atoms with van der Waals surface area (Å²) in [5, 5.41) is 49.3. The van der Waals surface area contributed by atoms with Gasteiger partial charge in [-0.15, -0.1) is 0 Å². The highest BCUT2D eigenvalue weighted by Gasteiger charge is 2.32. The molecule has 0 amide bonds. The molecule has 0 saturated carbocycles. The first-order valence-corrected chi connectivity index (χ1v) is 27.4. The number of nitrogens with zero attached hydrogens (tertiary/aromatic N) is 6. The summed E-state index contributed by atoms with van der Waals surface area (Å²) in [5.74, 6) is 0. The second-order valence-electron chi connectivity index (χ2n) is 24.5. The van der Waals surface area contributed by atoms with Crippen molar-refractivity contribution in [2.75, 3.05) is 0 Å². The minimum Gasteiger partial charge on any atom is -0.354 e. The molecule has 0 aliphatic carbocycles. The summed E-state index contributed by atoms with van der Waals surface area (Å²) >= 11 is 0. The van der Waals surface area contributed by atoms with Gasteiger partial charge in [-0.3, -0.25) is 0 Å². The number of aryl methyl sites for hydroxylation is 1. The van der Waals surface area contributed by atoms with E-state index in [4.69, 9.17) is 9.97 Å². The van der Waals surface area contributed by atoms with Crippen LogP contribution >= 0.6 is 0 Å². The van der Waals surface area contributed by atoms with Crippen molar-refractivity contribution in [2.45, 2.75) is 110 Å². The Bertz CT molecular complexity index is 4150. The van der Waals surface area contributed by atoms with Gasteiger partial charge in [-0.25, -0.2) is 9.97 Å². The number of hydrogen-bond donors (Lipinski definition) is 3. The molecule has 1 fully saturated rings. The number of aromatic amines is 2. The lowest BCUT2D eigenvalue weighted by molar-refractivity contribution is 0.574. The maximum Gasteiger partial charge on any atom is 0.103 e. The van der Waals surface area contributed by atoms with E-state index in [1.165, 1.54) is 11.1 Å². The van der Waals surface area contributed by atoms with E-state index in [9.17, 15) is 21.0 Å². The van der Waals surface area contributed by atoms with Crippen molar-refractivity contribution in [2.24, 2.45) is 0 Å². The predicted octanol–water partition coefficient (Wildman–Crippen LogP) is 17.3. The van der Waals surface area contributed by atoms with Gasteiger partial charge in [-0.1, -0.05) is 189 Å². The lowest BCUT2D eigenvalue weighted by Gasteiger charge is -2.19. The van der Waals surface area contributed by atoms with E-state index in [2.05, 4.69) is 218 Å². The third-order valence-corrected chi connectivity index (χ3v) is 16.1. The van der Waals surface area contributed by atoms with Crippen LogP contribution in [0.2, 0.25) is 0 Å². The Morgan fingerprint density at radius 2 is 0.613 bits per heavy atom. The number of nitrogens with one attached hydrogen (secondary N) is 3. The monoisotopic (exact) mass is 1040 g/mol. The summed E-state index contributed by atoms with van der Waals surface area (Å²) in [6.07, 6.45) is 1.97. The van der Waals surface area contributed by atoms with Gasteiger partial charge in [0.05, 0.1) is 45.1 Å². The predicted molar refractivity (Wildman–Crippen MR) is 324 cm³/mol. The van der Waals surface area contributed by atoms with E-state index < -0.39 is 0 Å². The Kier molecular flexibility index (Phi) is 13.3. The highest BCUT2D eigenvalue weighted by atomic mass is 15.0. The number of benzene rings is 5. The first kappa shape index (κ1) is 52.7. The summed E-state index contributed by atoms with van der Waals surface area (Å²) in [6, 6.07) is 60.2. The number of rotatable bonds is 6. The van der Waals surface area contributed by atoms with Crippen molar-refractivity contribution >= 4 is 44.4 Å². The molecule has 6 heterocycles. The van der Waals surface area contributed by atoms with Crippen LogP contribution in [0, 0.1) is 52.2 Å². The Labute approximate surface area is 469 Å². The Morgan fingerprint density at radius 3 is 0.863 bits per heavy atom. The molecule has 0 radical (unpaired) electrons. The van der Waals surface area contributed by atoms with Crippen molar-refractivity contribution in [3.63, 3.8) is 0 Å². The Morgan fingerprint density at radius 1 is 0.362 bits per heavy atom. The van der Waals surface area contributed by atoms with Crippen molar-refractivity contribution in [1.82, 2.24) is 25.3 Å². The molecular weight excluding hydrogens is 979 g/mol. The molecule has 392 valence electrons. The molecule has 11 rings (SSSR count). The van der Waals surface area contributed by atoms with Crippen LogP contribution in [0.15, 0.2) is 146 Å². The molecule has 3 aliphatic rings. The fourth-order valence-electron chi connectivity index (χ4n) is 11.5. The van der Waals surface area contributed by atoms with E-state index >= 15 is 0 Å². The normalized spacial score (nSPS) is 15.6. The van der Waals surface area contributed by atoms with Crippen molar-refractivity contribution < 1.29 is 0 Å². The van der Waals surface area contributed by atoms with Crippen LogP contribution in [0.25, 0.3) is 88.9 Å². The third-order valence-electron chi connectivity index (χ3n) is 16.1. The van der Waals surface area contributed by atoms with Gasteiger partial charge in [0.15, 0.2) is 0 Å². The average Bonchev–Trinajstić information content (AvgIpc) is 4.47. The maximum atomic E-state index is 11.4. The summed E-state index contributed by atoms with van der Waals surface area (Å²) in [4.78, 5) is 18.5. The number of aromatic nitrogens is 4. The molecule has 3 aromatic heterocycles. The van der Waals surface area contributed by atoms with E-state index in [-0.39, 0.29) is 50.6 Å². The van der Waals surface area contributed by atoms with Crippen molar-refractivity contribution in [1.29, 1.82) is 21.0 Å². The smallest absolute Gasteiger partial charge is 0.103 e. The second-order valence-corrected chi connectivity index (χ2v) is 24.5. The molecule has 9 heteroatoms. The van der Waals surface area contributed by atoms with Crippen LogP contribution in [-0.2, 0) is 16.2 Å². The van der Waals surface area contributed by atoms with Gasteiger partial charge in [0.2, 0.25) is 0 Å². The quantitative estimate of drug-likeness (QED) is 0.149. The standard InChI is InChI=1S/C71H63N9/c1-41-11-13-42(14-12-41)55-31-32-56(76-55)43-15-17-44(18-16-43)61-57-33-34-58(77-57)62(45-19-25-48(26-20-45)69(2,3)4)67-53(39-74)54(40-75)68(80-67)64(47-23-29-50(30-24-47)71(8,9)10)60-36-35-59(78-60)63(46-21-27-49(28-22-46)70(5,6)7)66-52(38-73)51(37-72)65(61)79-66/h11-30,33-36,55-56,76-78H,31-32H2,1-10H3. The Hall–Kier alpha value is -9.38. The zero-order valence-corrected chi connectivity index (χ0v) is 47.1. The van der Waals surface area contributed by atoms with Crippen molar-refractivity contribution in [3.05, 3.63) is 202 Å². The average molecular weight is 1040 g/mol. The molecular formula is C71H63N9. The summed E-state index contributed by atoms with van der Waals surface area (Å²) in [7, 11) is 0. The molecule has 3 N–H and O–H groups in total. The zero-order valence-electron chi connectivity index (χ0n) is 47.1.